The molecule has 27 heavy (non-hydrogen) atoms. The summed E-state index contributed by atoms with van der Waals surface area (Å²) in [6.07, 6.45) is 2.48. The molecule has 0 unspecified atom stereocenters. The van der Waals surface area contributed by atoms with Crippen LogP contribution in [0.15, 0.2) is 35.6 Å². The van der Waals surface area contributed by atoms with E-state index in [1.807, 2.05) is 11.5 Å². The maximum atomic E-state index is 13.8. The van der Waals surface area contributed by atoms with E-state index in [0.29, 0.717) is 24.6 Å². The van der Waals surface area contributed by atoms with Crippen LogP contribution in [-0.2, 0) is 24.3 Å². The van der Waals surface area contributed by atoms with Crippen LogP contribution in [0.5, 0.6) is 0 Å². The Hall–Kier alpha value is -2.97. The molecule has 0 aliphatic heterocycles. The molecule has 0 aliphatic rings. The normalized spacial score (nSPS) is 11.3. The number of hydrogen-bond acceptors (Lipinski definition) is 4. The second-order valence-electron chi connectivity index (χ2n) is 6.12. The molecular weight excluding hydrogens is 349 g/mol. The summed E-state index contributed by atoms with van der Waals surface area (Å²) in [6, 6.07) is 6.49. The number of aromatic nitrogens is 3. The van der Waals surface area contributed by atoms with Gasteiger partial charge in [-0.05, 0) is 6.07 Å². The number of nitrogens with zero attached hydrogens (tertiary/aromatic N) is 5. The smallest absolute Gasteiger partial charge is 0.241 e. The third kappa shape index (κ3) is 6.36. The van der Waals surface area contributed by atoms with Crippen molar-refractivity contribution < 1.29 is 9.18 Å². The second kappa shape index (κ2) is 10.2. The fourth-order valence-electron chi connectivity index (χ4n) is 2.32. The van der Waals surface area contributed by atoms with Gasteiger partial charge in [-0.2, -0.15) is 0 Å². The van der Waals surface area contributed by atoms with Crippen LogP contribution in [0.3, 0.4) is 0 Å². The van der Waals surface area contributed by atoms with Crippen LogP contribution in [0.4, 0.5) is 4.39 Å². The lowest BCUT2D eigenvalue weighted by Gasteiger charge is -2.15. The van der Waals surface area contributed by atoms with Crippen LogP contribution in [0.25, 0.3) is 0 Å². The van der Waals surface area contributed by atoms with Crippen molar-refractivity contribution in [3.05, 3.63) is 47.8 Å². The van der Waals surface area contributed by atoms with E-state index in [0.717, 1.165) is 12.2 Å². The van der Waals surface area contributed by atoms with E-state index < -0.39 is 0 Å². The number of aliphatic imine (C=N–C) groups is 1. The number of guanidine groups is 1. The van der Waals surface area contributed by atoms with Gasteiger partial charge in [0.05, 0.1) is 13.1 Å². The van der Waals surface area contributed by atoms with Gasteiger partial charge in [0.25, 0.3) is 0 Å². The maximum absolute atomic E-state index is 13.8. The third-order valence-electron chi connectivity index (χ3n) is 3.93. The first-order chi connectivity index (χ1) is 13.0. The van der Waals surface area contributed by atoms with Gasteiger partial charge in [-0.3, -0.25) is 4.79 Å². The number of halogens is 1. The van der Waals surface area contributed by atoms with Gasteiger partial charge in [-0.1, -0.05) is 25.1 Å². The Bertz CT molecular complexity index is 773. The lowest BCUT2D eigenvalue weighted by atomic mass is 10.2. The molecule has 0 saturated carbocycles. The van der Waals surface area contributed by atoms with E-state index in [2.05, 4.69) is 25.8 Å². The molecule has 2 rings (SSSR count). The Morgan fingerprint density at radius 1 is 1.30 bits per heavy atom. The summed E-state index contributed by atoms with van der Waals surface area (Å²) >= 11 is 0. The first-order valence-corrected chi connectivity index (χ1v) is 8.83. The van der Waals surface area contributed by atoms with Gasteiger partial charge < -0.3 is 20.1 Å². The fourth-order valence-corrected chi connectivity index (χ4v) is 2.32. The molecule has 146 valence electrons. The molecule has 0 bridgehead atoms. The van der Waals surface area contributed by atoms with Crippen molar-refractivity contribution >= 4 is 11.9 Å². The number of nitrogens with one attached hydrogen (secondary N) is 2. The molecule has 0 saturated heterocycles. The Morgan fingerprint density at radius 2 is 2.07 bits per heavy atom. The molecular formula is C18H26FN7O. The summed E-state index contributed by atoms with van der Waals surface area (Å²) < 4.78 is 15.7. The number of aryl methyl sites for hydroxylation is 1. The van der Waals surface area contributed by atoms with E-state index in [4.69, 9.17) is 0 Å². The van der Waals surface area contributed by atoms with Crippen LogP contribution in [0.1, 0.15) is 18.3 Å². The number of benzene rings is 1. The molecule has 8 nitrogen and oxygen atoms in total. The average molecular weight is 375 g/mol. The predicted molar refractivity (Wildman–Crippen MR) is 102 cm³/mol. The van der Waals surface area contributed by atoms with Gasteiger partial charge >= 0.3 is 0 Å². The van der Waals surface area contributed by atoms with E-state index in [1.54, 1.807) is 38.6 Å². The average Bonchev–Trinajstić information content (AvgIpc) is 3.11. The minimum atomic E-state index is -0.304. The predicted octanol–water partition coefficient (Wildman–Crippen LogP) is 0.803. The standard InChI is InChI=1S/C18H26FN7O/c1-4-16-24-23-13-26(16)10-9-20-18(22-12-17(27)25(2)3)21-11-14-7-5-6-8-15(14)19/h5-8,13H,4,9-12H2,1-3H3,(H2,20,21,22). The van der Waals surface area contributed by atoms with Gasteiger partial charge in [0.2, 0.25) is 5.91 Å². The fraction of sp³-hybridized carbons (Fsp3) is 0.444. The Labute approximate surface area is 158 Å². The highest BCUT2D eigenvalue weighted by Crippen LogP contribution is 2.07. The van der Waals surface area contributed by atoms with Crippen molar-refractivity contribution in [2.24, 2.45) is 4.99 Å². The van der Waals surface area contributed by atoms with Gasteiger partial charge in [-0.25, -0.2) is 9.38 Å². The summed E-state index contributed by atoms with van der Waals surface area (Å²) in [5.41, 5.74) is 0.490. The van der Waals surface area contributed by atoms with Crippen molar-refractivity contribution in [3.8, 4) is 0 Å². The minimum Gasteiger partial charge on any atom is -0.355 e. The molecule has 1 aromatic heterocycles. The molecule has 1 aromatic carbocycles. The lowest BCUT2D eigenvalue weighted by Crippen LogP contribution is -2.43. The monoisotopic (exact) mass is 375 g/mol. The molecule has 0 radical (unpaired) electrons. The van der Waals surface area contributed by atoms with E-state index >= 15 is 0 Å². The van der Waals surface area contributed by atoms with Crippen LogP contribution in [-0.4, -0.2) is 58.7 Å². The second-order valence-corrected chi connectivity index (χ2v) is 6.12. The Morgan fingerprint density at radius 3 is 2.78 bits per heavy atom. The van der Waals surface area contributed by atoms with E-state index in [9.17, 15) is 9.18 Å². The first kappa shape index (κ1) is 20.3. The van der Waals surface area contributed by atoms with Crippen molar-refractivity contribution in [1.82, 2.24) is 30.3 Å². The zero-order valence-electron chi connectivity index (χ0n) is 15.9. The molecule has 0 aliphatic carbocycles. The summed E-state index contributed by atoms with van der Waals surface area (Å²) in [5.74, 6) is 0.960. The molecule has 2 N–H and O–H groups in total. The molecule has 1 amide bonds. The number of carbonyl (C=O) groups is 1. The number of hydrogen-bond donors (Lipinski definition) is 2. The van der Waals surface area contributed by atoms with Crippen LogP contribution in [0.2, 0.25) is 0 Å². The zero-order chi connectivity index (χ0) is 19.6. The van der Waals surface area contributed by atoms with Crippen molar-refractivity contribution in [1.29, 1.82) is 0 Å². The van der Waals surface area contributed by atoms with Gasteiger partial charge in [0.1, 0.15) is 18.0 Å². The maximum Gasteiger partial charge on any atom is 0.241 e. The number of rotatable bonds is 8. The Kier molecular flexibility index (Phi) is 7.72. The topological polar surface area (TPSA) is 87.4 Å². The largest absolute Gasteiger partial charge is 0.355 e. The molecule has 0 atom stereocenters. The van der Waals surface area contributed by atoms with Crippen LogP contribution >= 0.6 is 0 Å². The Balaban J connectivity index is 1.98. The van der Waals surface area contributed by atoms with E-state index in [-0.39, 0.29) is 24.8 Å². The highest BCUT2D eigenvalue weighted by atomic mass is 19.1. The summed E-state index contributed by atoms with van der Waals surface area (Å²) in [6.45, 7) is 3.50. The number of carbonyl (C=O) groups excluding carboxylic acids is 1. The zero-order valence-corrected chi connectivity index (χ0v) is 15.9. The van der Waals surface area contributed by atoms with Gasteiger partial charge in [0.15, 0.2) is 5.96 Å². The SMILES string of the molecule is CCc1nncn1CCNC(=NCc1ccccc1F)NCC(=O)N(C)C. The summed E-state index contributed by atoms with van der Waals surface area (Å²) in [7, 11) is 3.37. The van der Waals surface area contributed by atoms with Crippen LogP contribution in [0, 0.1) is 5.82 Å². The molecule has 0 fully saturated rings. The molecule has 9 heteroatoms. The quantitative estimate of drug-likeness (QED) is 0.527. The van der Waals surface area contributed by atoms with Crippen molar-refractivity contribution in [3.63, 3.8) is 0 Å². The molecule has 1 heterocycles. The minimum absolute atomic E-state index is 0.0810. The summed E-state index contributed by atoms with van der Waals surface area (Å²) in [4.78, 5) is 17.7. The highest BCUT2D eigenvalue weighted by Gasteiger charge is 2.07. The highest BCUT2D eigenvalue weighted by molar-refractivity contribution is 5.86. The van der Waals surface area contributed by atoms with Crippen molar-refractivity contribution in [2.45, 2.75) is 26.4 Å². The van der Waals surface area contributed by atoms with Gasteiger partial charge in [-0.15, -0.1) is 10.2 Å². The van der Waals surface area contributed by atoms with Crippen molar-refractivity contribution in [2.75, 3.05) is 27.2 Å². The van der Waals surface area contributed by atoms with Crippen LogP contribution < -0.4 is 10.6 Å². The first-order valence-electron chi connectivity index (χ1n) is 8.83. The van der Waals surface area contributed by atoms with E-state index in [1.165, 1.54) is 11.0 Å². The number of amides is 1. The molecule has 2 aromatic rings. The molecule has 0 spiro atoms. The third-order valence-corrected chi connectivity index (χ3v) is 3.93. The van der Waals surface area contributed by atoms with Gasteiger partial charge in [0, 0.05) is 39.2 Å². The number of likely N-dealkylation sites (N-methyl/N-ethyl adjacent to an activating group) is 1. The summed E-state index contributed by atoms with van der Waals surface area (Å²) in [5, 5.41) is 14.1. The lowest BCUT2D eigenvalue weighted by molar-refractivity contribution is -0.127.